The van der Waals surface area contributed by atoms with Crippen LogP contribution in [0, 0.1) is 0 Å². The molecule has 0 aromatic heterocycles. The van der Waals surface area contributed by atoms with Crippen molar-refractivity contribution in [3.8, 4) is 5.75 Å². The zero-order chi connectivity index (χ0) is 23.9. The summed E-state index contributed by atoms with van der Waals surface area (Å²) in [4.78, 5) is 36.2. The molecule has 0 aliphatic carbocycles. The van der Waals surface area contributed by atoms with E-state index in [1.807, 2.05) is 0 Å². The minimum Gasteiger partial charge on any atom is -0.495 e. The van der Waals surface area contributed by atoms with E-state index in [9.17, 15) is 22.8 Å². The number of esters is 1. The van der Waals surface area contributed by atoms with E-state index in [0.29, 0.717) is 13.1 Å². The second-order valence-corrected chi connectivity index (χ2v) is 9.76. The van der Waals surface area contributed by atoms with E-state index < -0.39 is 34.0 Å². The Labute approximate surface area is 188 Å². The van der Waals surface area contributed by atoms with Gasteiger partial charge in [0, 0.05) is 19.1 Å². The van der Waals surface area contributed by atoms with Crippen LogP contribution >= 0.6 is 0 Å². The van der Waals surface area contributed by atoms with Crippen LogP contribution in [0.25, 0.3) is 0 Å². The molecule has 1 heterocycles. The number of carbonyl (C=O) groups excluding carboxylic acids is 3. The smallest absolute Gasteiger partial charge is 0.338 e. The first-order valence-corrected chi connectivity index (χ1v) is 12.0. The second-order valence-electron chi connectivity index (χ2n) is 7.85. The van der Waals surface area contributed by atoms with Crippen LogP contribution in [0.3, 0.4) is 0 Å². The Morgan fingerprint density at radius 3 is 2.22 bits per heavy atom. The highest BCUT2D eigenvalue weighted by molar-refractivity contribution is 7.89. The first-order valence-electron chi connectivity index (χ1n) is 10.6. The molecule has 0 radical (unpaired) electrons. The van der Waals surface area contributed by atoms with Crippen molar-refractivity contribution in [3.63, 3.8) is 0 Å². The zero-order valence-electron chi connectivity index (χ0n) is 18.8. The van der Waals surface area contributed by atoms with Crippen LogP contribution in [-0.4, -0.2) is 63.0 Å². The summed E-state index contributed by atoms with van der Waals surface area (Å²) in [6.07, 6.45) is 2.18. The van der Waals surface area contributed by atoms with Gasteiger partial charge in [0.05, 0.1) is 12.7 Å². The summed E-state index contributed by atoms with van der Waals surface area (Å²) in [5.41, 5.74) is -0.0505. The molecule has 0 saturated carbocycles. The third kappa shape index (κ3) is 6.67. The van der Waals surface area contributed by atoms with Gasteiger partial charge in [-0.25, -0.2) is 18.0 Å². The van der Waals surface area contributed by atoms with Crippen LogP contribution in [0.4, 0.5) is 4.79 Å². The van der Waals surface area contributed by atoms with Gasteiger partial charge in [0.2, 0.25) is 10.0 Å². The summed E-state index contributed by atoms with van der Waals surface area (Å²) >= 11 is 0. The SMILES string of the molecule is COc1ccc(C(=O)OC(C)C(=O)NC(=O)NC(C)C)cc1S(=O)(=O)N1CCCCCC1. The number of hydrogen-bond donors (Lipinski definition) is 2. The fourth-order valence-corrected chi connectivity index (χ4v) is 4.92. The molecule has 11 heteroatoms. The molecule has 3 amide bonds. The highest BCUT2D eigenvalue weighted by Gasteiger charge is 2.30. The predicted octanol–water partition coefficient (Wildman–Crippen LogP) is 2.04. The van der Waals surface area contributed by atoms with Crippen LogP contribution in [-0.2, 0) is 19.6 Å². The van der Waals surface area contributed by atoms with Crippen molar-refractivity contribution in [2.45, 2.75) is 63.5 Å². The normalized spacial score (nSPS) is 16.0. The quantitative estimate of drug-likeness (QED) is 0.584. The molecular formula is C21H31N3O7S. The van der Waals surface area contributed by atoms with Crippen molar-refractivity contribution >= 4 is 27.9 Å². The van der Waals surface area contributed by atoms with Gasteiger partial charge in [0.1, 0.15) is 10.6 Å². The summed E-state index contributed by atoms with van der Waals surface area (Å²) in [6, 6.07) is 3.05. The summed E-state index contributed by atoms with van der Waals surface area (Å²) in [6.45, 7) is 5.57. The van der Waals surface area contributed by atoms with Crippen molar-refractivity contribution in [2.75, 3.05) is 20.2 Å². The molecule has 10 nitrogen and oxygen atoms in total. The molecule has 1 saturated heterocycles. The van der Waals surface area contributed by atoms with Crippen LogP contribution in [0.2, 0.25) is 0 Å². The number of sulfonamides is 1. The van der Waals surface area contributed by atoms with E-state index >= 15 is 0 Å². The number of ether oxygens (including phenoxy) is 2. The largest absolute Gasteiger partial charge is 0.495 e. The molecule has 32 heavy (non-hydrogen) atoms. The van der Waals surface area contributed by atoms with Crippen molar-refractivity contribution in [3.05, 3.63) is 23.8 Å². The molecule has 1 aromatic rings. The first-order chi connectivity index (χ1) is 15.1. The molecule has 0 bridgehead atoms. The van der Waals surface area contributed by atoms with Crippen molar-refractivity contribution in [1.29, 1.82) is 0 Å². The predicted molar refractivity (Wildman–Crippen MR) is 117 cm³/mol. The van der Waals surface area contributed by atoms with Gasteiger partial charge >= 0.3 is 12.0 Å². The Balaban J connectivity index is 2.19. The maximum Gasteiger partial charge on any atom is 0.338 e. The Kier molecular flexibility index (Phi) is 9.02. The van der Waals surface area contributed by atoms with Crippen LogP contribution in [0.1, 0.15) is 56.8 Å². The molecule has 1 aliphatic heterocycles. The highest BCUT2D eigenvalue weighted by Crippen LogP contribution is 2.29. The monoisotopic (exact) mass is 469 g/mol. The average Bonchev–Trinajstić information content (AvgIpc) is 3.02. The lowest BCUT2D eigenvalue weighted by Gasteiger charge is -2.21. The van der Waals surface area contributed by atoms with Crippen LogP contribution in [0.15, 0.2) is 23.1 Å². The van der Waals surface area contributed by atoms with Gasteiger partial charge in [-0.3, -0.25) is 10.1 Å². The Hall–Kier alpha value is -2.66. The van der Waals surface area contributed by atoms with Gasteiger partial charge in [-0.2, -0.15) is 4.31 Å². The zero-order valence-corrected chi connectivity index (χ0v) is 19.7. The van der Waals surface area contributed by atoms with E-state index in [2.05, 4.69) is 10.6 Å². The maximum absolute atomic E-state index is 13.2. The van der Waals surface area contributed by atoms with Crippen LogP contribution < -0.4 is 15.4 Å². The molecule has 1 unspecified atom stereocenters. The summed E-state index contributed by atoms with van der Waals surface area (Å²) in [7, 11) is -2.54. The minimum absolute atomic E-state index is 0.0505. The number of nitrogens with zero attached hydrogens (tertiary/aromatic N) is 1. The summed E-state index contributed by atoms with van der Waals surface area (Å²) in [5, 5.41) is 4.57. The highest BCUT2D eigenvalue weighted by atomic mass is 32.2. The van der Waals surface area contributed by atoms with E-state index in [1.165, 1.54) is 36.5 Å². The van der Waals surface area contributed by atoms with Crippen molar-refractivity contribution in [1.82, 2.24) is 14.9 Å². The van der Waals surface area contributed by atoms with Gasteiger partial charge in [-0.1, -0.05) is 12.8 Å². The van der Waals surface area contributed by atoms with E-state index in [0.717, 1.165) is 25.7 Å². The van der Waals surface area contributed by atoms with Gasteiger partial charge < -0.3 is 14.8 Å². The summed E-state index contributed by atoms with van der Waals surface area (Å²) < 4.78 is 38.2. The number of carbonyl (C=O) groups is 3. The van der Waals surface area contributed by atoms with Gasteiger partial charge in [-0.05, 0) is 51.8 Å². The molecule has 1 fully saturated rings. The molecule has 2 rings (SSSR count). The van der Waals surface area contributed by atoms with Crippen molar-refractivity contribution in [2.24, 2.45) is 0 Å². The third-order valence-corrected chi connectivity index (χ3v) is 6.81. The second kappa shape index (κ2) is 11.3. The number of methoxy groups -OCH3 is 1. The molecule has 1 atom stereocenters. The first kappa shape index (κ1) is 25.6. The fraction of sp³-hybridized carbons (Fsp3) is 0.571. The lowest BCUT2D eigenvalue weighted by Crippen LogP contribution is -2.46. The number of rotatable bonds is 7. The standard InChI is InChI=1S/C21H31N3O7S/c1-14(2)22-21(27)23-19(25)15(3)31-20(26)16-9-10-17(30-4)18(13-16)32(28,29)24-11-7-5-6-8-12-24/h9-10,13-15H,5-8,11-12H2,1-4H3,(H2,22,23,25,27). The number of nitrogens with one attached hydrogen (secondary N) is 2. The third-order valence-electron chi connectivity index (χ3n) is 4.89. The fourth-order valence-electron chi connectivity index (χ4n) is 3.22. The van der Waals surface area contributed by atoms with Crippen LogP contribution in [0.5, 0.6) is 5.75 Å². The minimum atomic E-state index is -3.89. The van der Waals surface area contributed by atoms with Gasteiger partial charge in [-0.15, -0.1) is 0 Å². The van der Waals surface area contributed by atoms with E-state index in [4.69, 9.17) is 9.47 Å². The van der Waals surface area contributed by atoms with Gasteiger partial charge in [0.25, 0.3) is 5.91 Å². The average molecular weight is 470 g/mol. The molecule has 0 spiro atoms. The lowest BCUT2D eigenvalue weighted by atomic mass is 10.2. The Morgan fingerprint density at radius 1 is 1.03 bits per heavy atom. The topological polar surface area (TPSA) is 131 Å². The summed E-state index contributed by atoms with van der Waals surface area (Å²) in [5.74, 6) is -1.59. The molecule has 1 aromatic carbocycles. The number of hydrogen-bond acceptors (Lipinski definition) is 7. The van der Waals surface area contributed by atoms with Gasteiger partial charge in [0.15, 0.2) is 6.10 Å². The number of imide groups is 1. The van der Waals surface area contributed by atoms with Crippen molar-refractivity contribution < 1.29 is 32.3 Å². The lowest BCUT2D eigenvalue weighted by molar-refractivity contribution is -0.127. The number of benzene rings is 1. The Morgan fingerprint density at radius 2 is 1.66 bits per heavy atom. The maximum atomic E-state index is 13.2. The van der Waals surface area contributed by atoms with E-state index in [1.54, 1.807) is 13.8 Å². The molecular weight excluding hydrogens is 438 g/mol. The number of urea groups is 1. The molecule has 2 N–H and O–H groups in total. The molecule has 178 valence electrons. The number of amides is 3. The van der Waals surface area contributed by atoms with E-state index in [-0.39, 0.29) is 22.3 Å². The molecule has 1 aliphatic rings. The Bertz CT molecular complexity index is 939.